The van der Waals surface area contributed by atoms with Gasteiger partial charge >= 0.3 is 0 Å². The van der Waals surface area contributed by atoms with E-state index in [2.05, 4.69) is 4.98 Å². The van der Waals surface area contributed by atoms with E-state index in [-0.39, 0.29) is 5.56 Å². The smallest absolute Gasteiger partial charge is 0.131 e. The van der Waals surface area contributed by atoms with Gasteiger partial charge in [-0.05, 0) is 12.6 Å². The summed E-state index contributed by atoms with van der Waals surface area (Å²) in [6, 6.07) is 3.25. The molecule has 0 bridgehead atoms. The summed E-state index contributed by atoms with van der Waals surface area (Å²) in [7, 11) is 0. The van der Waals surface area contributed by atoms with Crippen LogP contribution in [0.3, 0.4) is 0 Å². The largest absolute Gasteiger partial charge is 0.387 e. The third-order valence-electron chi connectivity index (χ3n) is 3.33. The minimum absolute atomic E-state index is 0.129. The molecule has 0 aliphatic carbocycles. The quantitative estimate of drug-likeness (QED) is 0.854. The van der Waals surface area contributed by atoms with E-state index in [1.54, 1.807) is 17.5 Å². The number of halogens is 2. The first-order chi connectivity index (χ1) is 10.1. The van der Waals surface area contributed by atoms with E-state index in [0.29, 0.717) is 6.54 Å². The highest BCUT2D eigenvalue weighted by Gasteiger charge is 2.16. The Morgan fingerprint density at radius 2 is 2.19 bits per heavy atom. The van der Waals surface area contributed by atoms with Crippen molar-refractivity contribution >= 4 is 11.3 Å². The molecule has 0 spiro atoms. The van der Waals surface area contributed by atoms with Crippen LogP contribution in [0.15, 0.2) is 29.8 Å². The molecule has 0 saturated heterocycles. The van der Waals surface area contributed by atoms with Crippen molar-refractivity contribution in [2.24, 2.45) is 0 Å². The van der Waals surface area contributed by atoms with E-state index in [0.717, 1.165) is 36.7 Å². The van der Waals surface area contributed by atoms with Crippen molar-refractivity contribution in [2.75, 3.05) is 19.6 Å². The van der Waals surface area contributed by atoms with Crippen LogP contribution in [0, 0.1) is 11.6 Å². The number of benzene rings is 1. The average molecular weight is 312 g/mol. The lowest BCUT2D eigenvalue weighted by molar-refractivity contribution is 0.113. The number of aliphatic hydroxyl groups excluding tert-OH is 1. The molecule has 1 unspecified atom stereocenters. The van der Waals surface area contributed by atoms with Gasteiger partial charge in [-0.2, -0.15) is 0 Å². The van der Waals surface area contributed by atoms with E-state index in [1.807, 2.05) is 17.2 Å². The molecule has 3 nitrogen and oxygen atoms in total. The van der Waals surface area contributed by atoms with E-state index in [9.17, 15) is 13.9 Å². The molecule has 2 rings (SSSR count). The molecule has 1 aromatic heterocycles. The summed E-state index contributed by atoms with van der Waals surface area (Å²) in [4.78, 5) is 6.23. The number of aromatic nitrogens is 1. The Labute approximate surface area is 126 Å². The van der Waals surface area contributed by atoms with Crippen molar-refractivity contribution in [3.05, 3.63) is 52.0 Å². The van der Waals surface area contributed by atoms with Crippen LogP contribution >= 0.6 is 11.3 Å². The zero-order chi connectivity index (χ0) is 15.2. The van der Waals surface area contributed by atoms with Gasteiger partial charge in [0.05, 0.1) is 11.1 Å². The molecule has 21 heavy (non-hydrogen) atoms. The van der Waals surface area contributed by atoms with Crippen molar-refractivity contribution in [2.45, 2.75) is 19.4 Å². The van der Waals surface area contributed by atoms with E-state index in [1.165, 1.54) is 6.07 Å². The molecule has 6 heteroatoms. The molecule has 1 aromatic carbocycles. The van der Waals surface area contributed by atoms with E-state index in [4.69, 9.17) is 0 Å². The summed E-state index contributed by atoms with van der Waals surface area (Å²) in [5, 5.41) is 13.1. The summed E-state index contributed by atoms with van der Waals surface area (Å²) < 4.78 is 26.5. The minimum atomic E-state index is -0.971. The summed E-state index contributed by atoms with van der Waals surface area (Å²) in [5.74, 6) is -1.35. The first-order valence-corrected chi connectivity index (χ1v) is 7.72. The zero-order valence-corrected chi connectivity index (χ0v) is 12.6. The van der Waals surface area contributed by atoms with Crippen molar-refractivity contribution in [3.63, 3.8) is 0 Å². The monoisotopic (exact) mass is 312 g/mol. The fourth-order valence-electron chi connectivity index (χ4n) is 2.12. The Balaban J connectivity index is 1.93. The molecule has 0 fully saturated rings. The van der Waals surface area contributed by atoms with Crippen molar-refractivity contribution < 1.29 is 13.9 Å². The van der Waals surface area contributed by atoms with Gasteiger partial charge in [0.15, 0.2) is 0 Å². The third kappa shape index (κ3) is 4.56. The average Bonchev–Trinajstić information content (AvgIpc) is 2.96. The van der Waals surface area contributed by atoms with Crippen LogP contribution in [0.2, 0.25) is 0 Å². The maximum atomic E-state index is 13.6. The van der Waals surface area contributed by atoms with Crippen molar-refractivity contribution in [1.82, 2.24) is 9.88 Å². The fraction of sp³-hybridized carbons (Fsp3) is 0.400. The van der Waals surface area contributed by atoms with Gasteiger partial charge in [0, 0.05) is 42.7 Å². The number of likely N-dealkylation sites (N-methyl/N-ethyl adjacent to an activating group) is 1. The van der Waals surface area contributed by atoms with Crippen molar-refractivity contribution in [3.8, 4) is 0 Å². The van der Waals surface area contributed by atoms with Crippen LogP contribution in [0.25, 0.3) is 0 Å². The molecule has 1 atom stereocenters. The van der Waals surface area contributed by atoms with Gasteiger partial charge in [-0.1, -0.05) is 13.0 Å². The van der Waals surface area contributed by atoms with Gasteiger partial charge in [0.1, 0.15) is 11.6 Å². The lowest BCUT2D eigenvalue weighted by atomic mass is 10.1. The summed E-state index contributed by atoms with van der Waals surface area (Å²) >= 11 is 1.59. The molecule has 1 N–H and O–H groups in total. The number of thiazole rings is 1. The second kappa shape index (κ2) is 7.59. The topological polar surface area (TPSA) is 36.4 Å². The second-order valence-corrected chi connectivity index (χ2v) is 5.73. The van der Waals surface area contributed by atoms with E-state index >= 15 is 0 Å². The number of hydrogen-bond acceptors (Lipinski definition) is 4. The highest BCUT2D eigenvalue weighted by Crippen LogP contribution is 2.19. The maximum Gasteiger partial charge on any atom is 0.131 e. The van der Waals surface area contributed by atoms with Crippen LogP contribution in [-0.4, -0.2) is 34.6 Å². The molecule has 1 heterocycles. The lowest BCUT2D eigenvalue weighted by Gasteiger charge is -2.23. The van der Waals surface area contributed by atoms with Crippen LogP contribution < -0.4 is 0 Å². The van der Waals surface area contributed by atoms with Gasteiger partial charge in [0.25, 0.3) is 0 Å². The normalized spacial score (nSPS) is 12.8. The molecule has 0 saturated carbocycles. The Morgan fingerprint density at radius 1 is 1.38 bits per heavy atom. The highest BCUT2D eigenvalue weighted by molar-refractivity contribution is 7.09. The maximum absolute atomic E-state index is 13.6. The van der Waals surface area contributed by atoms with Gasteiger partial charge < -0.3 is 10.0 Å². The van der Waals surface area contributed by atoms with Crippen molar-refractivity contribution in [1.29, 1.82) is 0 Å². The third-order valence-corrected chi connectivity index (χ3v) is 4.16. The molecular weight excluding hydrogens is 294 g/mol. The highest BCUT2D eigenvalue weighted by atomic mass is 32.1. The van der Waals surface area contributed by atoms with Gasteiger partial charge in [0.2, 0.25) is 0 Å². The Morgan fingerprint density at radius 3 is 2.81 bits per heavy atom. The van der Waals surface area contributed by atoms with Gasteiger partial charge in [-0.25, -0.2) is 13.8 Å². The zero-order valence-electron chi connectivity index (χ0n) is 11.8. The van der Waals surface area contributed by atoms with Crippen LogP contribution in [0.4, 0.5) is 8.78 Å². The number of hydrogen-bond donors (Lipinski definition) is 1. The summed E-state index contributed by atoms with van der Waals surface area (Å²) in [6.07, 6.45) is 1.59. The SMILES string of the molecule is CCN(CCc1nccs1)CC(O)c1ccc(F)cc1F. The van der Waals surface area contributed by atoms with Gasteiger partial charge in [-0.15, -0.1) is 11.3 Å². The molecule has 0 amide bonds. The standard InChI is InChI=1S/C15H18F2N2OS/c1-2-19(7-5-15-18-6-8-21-15)10-14(20)12-4-3-11(16)9-13(12)17/h3-4,6,8-9,14,20H,2,5,7,10H2,1H3. The molecule has 2 aromatic rings. The Kier molecular flexibility index (Phi) is 5.78. The van der Waals surface area contributed by atoms with Crippen LogP contribution in [-0.2, 0) is 6.42 Å². The van der Waals surface area contributed by atoms with Crippen LogP contribution in [0.1, 0.15) is 23.6 Å². The first kappa shape index (κ1) is 16.0. The number of aliphatic hydroxyl groups is 1. The lowest BCUT2D eigenvalue weighted by Crippen LogP contribution is -2.30. The fourth-order valence-corrected chi connectivity index (χ4v) is 2.73. The number of nitrogens with zero attached hydrogens (tertiary/aromatic N) is 2. The molecule has 114 valence electrons. The van der Waals surface area contributed by atoms with E-state index < -0.39 is 17.7 Å². The Hall–Kier alpha value is -1.37. The molecule has 0 radical (unpaired) electrons. The molecule has 0 aliphatic rings. The van der Waals surface area contributed by atoms with Gasteiger partial charge in [-0.3, -0.25) is 0 Å². The molecule has 0 aliphatic heterocycles. The summed E-state index contributed by atoms with van der Waals surface area (Å²) in [5.41, 5.74) is 0.129. The first-order valence-electron chi connectivity index (χ1n) is 6.84. The predicted octanol–water partition coefficient (Wildman–Crippen LogP) is 3.02. The Bertz CT molecular complexity index is 563. The van der Waals surface area contributed by atoms with Crippen LogP contribution in [0.5, 0.6) is 0 Å². The minimum Gasteiger partial charge on any atom is -0.387 e. The molecular formula is C15H18F2N2OS. The predicted molar refractivity (Wildman–Crippen MR) is 79.2 cm³/mol. The second-order valence-electron chi connectivity index (χ2n) is 4.75. The summed E-state index contributed by atoms with van der Waals surface area (Å²) in [6.45, 7) is 3.77. The number of rotatable bonds is 7.